The molecule has 0 aromatic carbocycles. The molecule has 92 valence electrons. The summed E-state index contributed by atoms with van der Waals surface area (Å²) in [6.45, 7) is 2.68. The summed E-state index contributed by atoms with van der Waals surface area (Å²) in [5.41, 5.74) is 0. The van der Waals surface area contributed by atoms with Crippen molar-refractivity contribution in [3.8, 4) is 0 Å². The lowest BCUT2D eigenvalue weighted by atomic mass is 10.1. The van der Waals surface area contributed by atoms with Crippen LogP contribution in [0.3, 0.4) is 0 Å². The lowest BCUT2D eigenvalue weighted by Gasteiger charge is -2.22. The number of amides is 1. The lowest BCUT2D eigenvalue weighted by molar-refractivity contribution is -0.131. The third kappa shape index (κ3) is 3.19. The fourth-order valence-corrected chi connectivity index (χ4v) is 2.49. The zero-order valence-electron chi connectivity index (χ0n) is 10.1. The Morgan fingerprint density at radius 1 is 1.44 bits per heavy atom. The van der Waals surface area contributed by atoms with Crippen LogP contribution in [0, 0.1) is 0 Å². The van der Waals surface area contributed by atoms with Crippen LogP contribution < -0.4 is 5.32 Å². The number of likely N-dealkylation sites (N-methyl/N-ethyl adjacent to an activating group) is 1. The molecule has 0 saturated carbocycles. The molecule has 0 bridgehead atoms. The lowest BCUT2D eigenvalue weighted by Crippen LogP contribution is -2.37. The quantitative estimate of drug-likeness (QED) is 0.769. The number of rotatable bonds is 4. The van der Waals surface area contributed by atoms with Gasteiger partial charge >= 0.3 is 0 Å². The summed E-state index contributed by atoms with van der Waals surface area (Å²) in [6.07, 6.45) is 5.48. The largest absolute Gasteiger partial charge is 0.376 e. The van der Waals surface area contributed by atoms with Crippen molar-refractivity contribution in [2.45, 2.75) is 44.2 Å². The molecule has 0 aliphatic carbocycles. The van der Waals surface area contributed by atoms with E-state index in [1.165, 1.54) is 6.42 Å². The summed E-state index contributed by atoms with van der Waals surface area (Å²) in [5, 5.41) is 3.36. The summed E-state index contributed by atoms with van der Waals surface area (Å²) < 4.78 is 5.53. The Bertz CT molecular complexity index is 233. The molecule has 2 aliphatic rings. The van der Waals surface area contributed by atoms with Gasteiger partial charge in [0.25, 0.3) is 0 Å². The predicted octanol–water partition coefficient (Wildman–Crippen LogP) is 0.766. The second kappa shape index (κ2) is 5.64. The molecule has 16 heavy (non-hydrogen) atoms. The molecule has 0 aromatic heterocycles. The SMILES string of the molecule is CN(CC1CCCO1)C(=O)CC1CCCN1. The Labute approximate surface area is 97.3 Å². The zero-order valence-corrected chi connectivity index (χ0v) is 10.1. The average Bonchev–Trinajstić information content (AvgIpc) is 2.90. The second-order valence-electron chi connectivity index (χ2n) is 4.91. The predicted molar refractivity (Wildman–Crippen MR) is 62.3 cm³/mol. The summed E-state index contributed by atoms with van der Waals surface area (Å²) in [6, 6.07) is 0.402. The van der Waals surface area contributed by atoms with Crippen molar-refractivity contribution in [1.82, 2.24) is 10.2 Å². The molecule has 2 unspecified atom stereocenters. The molecule has 1 N–H and O–H groups in total. The van der Waals surface area contributed by atoms with Gasteiger partial charge < -0.3 is 15.0 Å². The molecule has 0 spiro atoms. The number of nitrogens with one attached hydrogen (secondary N) is 1. The van der Waals surface area contributed by atoms with E-state index in [1.54, 1.807) is 0 Å². The first kappa shape index (κ1) is 11.9. The Hall–Kier alpha value is -0.610. The van der Waals surface area contributed by atoms with E-state index in [4.69, 9.17) is 4.74 Å². The van der Waals surface area contributed by atoms with E-state index >= 15 is 0 Å². The number of ether oxygens (including phenoxy) is 1. The van der Waals surface area contributed by atoms with Crippen LogP contribution in [0.1, 0.15) is 32.1 Å². The molecule has 0 aromatic rings. The van der Waals surface area contributed by atoms with Crippen LogP contribution >= 0.6 is 0 Å². The molecule has 2 atom stereocenters. The summed E-state index contributed by atoms with van der Waals surface area (Å²) >= 11 is 0. The first-order chi connectivity index (χ1) is 7.75. The van der Waals surface area contributed by atoms with Gasteiger partial charge in [-0.05, 0) is 32.2 Å². The molecule has 2 saturated heterocycles. The topological polar surface area (TPSA) is 41.6 Å². The zero-order chi connectivity index (χ0) is 11.4. The van der Waals surface area contributed by atoms with Gasteiger partial charge in [-0.3, -0.25) is 4.79 Å². The molecule has 2 aliphatic heterocycles. The summed E-state index contributed by atoms with van der Waals surface area (Å²) in [4.78, 5) is 13.7. The molecule has 2 heterocycles. The minimum absolute atomic E-state index is 0.245. The van der Waals surface area contributed by atoms with Crippen LogP contribution in [-0.2, 0) is 9.53 Å². The smallest absolute Gasteiger partial charge is 0.223 e. The van der Waals surface area contributed by atoms with Gasteiger partial charge in [-0.1, -0.05) is 0 Å². The highest BCUT2D eigenvalue weighted by Gasteiger charge is 2.23. The Kier molecular flexibility index (Phi) is 4.18. The van der Waals surface area contributed by atoms with E-state index in [0.29, 0.717) is 12.5 Å². The van der Waals surface area contributed by atoms with Crippen LogP contribution in [0.15, 0.2) is 0 Å². The number of carbonyl (C=O) groups is 1. The van der Waals surface area contributed by atoms with Crippen molar-refractivity contribution in [3.63, 3.8) is 0 Å². The second-order valence-corrected chi connectivity index (χ2v) is 4.91. The highest BCUT2D eigenvalue weighted by molar-refractivity contribution is 5.76. The number of hydrogen-bond acceptors (Lipinski definition) is 3. The molecule has 2 rings (SSSR count). The van der Waals surface area contributed by atoms with Crippen LogP contribution in [-0.4, -0.2) is 49.7 Å². The van der Waals surface area contributed by atoms with Crippen molar-refractivity contribution in [3.05, 3.63) is 0 Å². The van der Waals surface area contributed by atoms with Gasteiger partial charge in [0.15, 0.2) is 0 Å². The maximum absolute atomic E-state index is 11.9. The maximum Gasteiger partial charge on any atom is 0.223 e. The molecule has 1 amide bonds. The maximum atomic E-state index is 11.9. The van der Waals surface area contributed by atoms with E-state index in [9.17, 15) is 4.79 Å². The summed E-state index contributed by atoms with van der Waals surface area (Å²) in [7, 11) is 1.89. The van der Waals surface area contributed by atoms with E-state index in [1.807, 2.05) is 11.9 Å². The van der Waals surface area contributed by atoms with E-state index < -0.39 is 0 Å². The van der Waals surface area contributed by atoms with Gasteiger partial charge in [-0.2, -0.15) is 0 Å². The molecular weight excluding hydrogens is 204 g/mol. The van der Waals surface area contributed by atoms with Crippen molar-refractivity contribution in [2.75, 3.05) is 26.7 Å². The standard InChI is InChI=1S/C12H22N2O2/c1-14(9-11-5-3-7-16-11)12(15)8-10-4-2-6-13-10/h10-11,13H,2-9H2,1H3. The monoisotopic (exact) mass is 226 g/mol. The van der Waals surface area contributed by atoms with Gasteiger partial charge in [0.2, 0.25) is 5.91 Å². The fourth-order valence-electron chi connectivity index (χ4n) is 2.49. The highest BCUT2D eigenvalue weighted by atomic mass is 16.5. The van der Waals surface area contributed by atoms with E-state index in [-0.39, 0.29) is 12.0 Å². The molecule has 2 fully saturated rings. The molecule has 4 heteroatoms. The molecule has 4 nitrogen and oxygen atoms in total. The Morgan fingerprint density at radius 2 is 2.31 bits per heavy atom. The van der Waals surface area contributed by atoms with Gasteiger partial charge in [0.05, 0.1) is 6.10 Å². The first-order valence-electron chi connectivity index (χ1n) is 6.34. The van der Waals surface area contributed by atoms with Gasteiger partial charge in [0, 0.05) is 32.7 Å². The number of carbonyl (C=O) groups excluding carboxylic acids is 1. The first-order valence-corrected chi connectivity index (χ1v) is 6.34. The number of nitrogens with zero attached hydrogens (tertiary/aromatic N) is 1. The van der Waals surface area contributed by atoms with Crippen LogP contribution in [0.5, 0.6) is 0 Å². The minimum atomic E-state index is 0.245. The van der Waals surface area contributed by atoms with Crippen molar-refractivity contribution < 1.29 is 9.53 Å². The Balaban J connectivity index is 1.70. The number of hydrogen-bond donors (Lipinski definition) is 1. The minimum Gasteiger partial charge on any atom is -0.376 e. The van der Waals surface area contributed by atoms with Crippen molar-refractivity contribution in [1.29, 1.82) is 0 Å². The normalized spacial score (nSPS) is 29.6. The van der Waals surface area contributed by atoms with E-state index in [0.717, 1.165) is 39.0 Å². The van der Waals surface area contributed by atoms with Crippen molar-refractivity contribution >= 4 is 5.91 Å². The van der Waals surface area contributed by atoms with Gasteiger partial charge in [-0.15, -0.1) is 0 Å². The average molecular weight is 226 g/mol. The highest BCUT2D eigenvalue weighted by Crippen LogP contribution is 2.14. The summed E-state index contributed by atoms with van der Waals surface area (Å²) in [5.74, 6) is 0.245. The van der Waals surface area contributed by atoms with Crippen LogP contribution in [0.2, 0.25) is 0 Å². The molecule has 0 radical (unpaired) electrons. The van der Waals surface area contributed by atoms with Crippen LogP contribution in [0.4, 0.5) is 0 Å². The van der Waals surface area contributed by atoms with E-state index in [2.05, 4.69) is 5.32 Å². The fraction of sp³-hybridized carbons (Fsp3) is 0.917. The van der Waals surface area contributed by atoms with Crippen molar-refractivity contribution in [2.24, 2.45) is 0 Å². The van der Waals surface area contributed by atoms with Gasteiger partial charge in [0.1, 0.15) is 0 Å². The molecular formula is C12H22N2O2. The third-order valence-corrected chi connectivity index (χ3v) is 3.51. The third-order valence-electron chi connectivity index (χ3n) is 3.51. The Morgan fingerprint density at radius 3 is 2.94 bits per heavy atom. The van der Waals surface area contributed by atoms with Gasteiger partial charge in [-0.25, -0.2) is 0 Å². The van der Waals surface area contributed by atoms with Crippen LogP contribution in [0.25, 0.3) is 0 Å².